The molecule has 1 aliphatic rings. The lowest BCUT2D eigenvalue weighted by molar-refractivity contribution is 0.200. The van der Waals surface area contributed by atoms with Gasteiger partial charge in [-0.2, -0.15) is 5.26 Å². The van der Waals surface area contributed by atoms with Gasteiger partial charge in [-0.25, -0.2) is 0 Å². The van der Waals surface area contributed by atoms with Crippen molar-refractivity contribution in [3.8, 4) is 6.07 Å². The van der Waals surface area contributed by atoms with Crippen LogP contribution in [0.3, 0.4) is 0 Å². The van der Waals surface area contributed by atoms with Gasteiger partial charge in [0.2, 0.25) is 0 Å². The third-order valence-electron chi connectivity index (χ3n) is 2.91. The van der Waals surface area contributed by atoms with Crippen molar-refractivity contribution < 1.29 is 0 Å². The summed E-state index contributed by atoms with van der Waals surface area (Å²) < 4.78 is 0. The third-order valence-corrected chi connectivity index (χ3v) is 2.91. The van der Waals surface area contributed by atoms with Crippen LogP contribution >= 0.6 is 0 Å². The summed E-state index contributed by atoms with van der Waals surface area (Å²) in [4.78, 5) is 6.33. The van der Waals surface area contributed by atoms with Gasteiger partial charge in [0.25, 0.3) is 0 Å². The number of piperazine rings is 1. The van der Waals surface area contributed by atoms with Crippen molar-refractivity contribution in [2.75, 3.05) is 26.2 Å². The van der Waals surface area contributed by atoms with E-state index in [2.05, 4.69) is 27.3 Å². The van der Waals surface area contributed by atoms with E-state index in [9.17, 15) is 0 Å². The number of nitrogens with zero attached hydrogens (tertiary/aromatic N) is 3. The highest BCUT2D eigenvalue weighted by Crippen LogP contribution is 2.05. The number of hydrogen-bond acceptors (Lipinski definition) is 4. The molecule has 0 bridgehead atoms. The van der Waals surface area contributed by atoms with Gasteiger partial charge in [-0.05, 0) is 18.1 Å². The van der Waals surface area contributed by atoms with Crippen molar-refractivity contribution in [3.63, 3.8) is 0 Å². The van der Waals surface area contributed by atoms with Crippen LogP contribution in [0, 0.1) is 11.3 Å². The Bertz CT molecular complexity index is 357. The largest absolute Gasteiger partial charge is 0.313 e. The molecule has 2 heterocycles. The van der Waals surface area contributed by atoms with Crippen LogP contribution in [0.1, 0.15) is 5.56 Å². The van der Waals surface area contributed by atoms with Gasteiger partial charge in [0.15, 0.2) is 0 Å². The SMILES string of the molecule is N#CC1CNCCN1CCc1cccnc1. The molecule has 1 aromatic heterocycles. The Labute approximate surface area is 95.9 Å². The Morgan fingerprint density at radius 3 is 3.31 bits per heavy atom. The number of rotatable bonds is 3. The Morgan fingerprint density at radius 1 is 1.62 bits per heavy atom. The lowest BCUT2D eigenvalue weighted by atomic mass is 10.1. The number of nitriles is 1. The molecule has 2 rings (SSSR count). The van der Waals surface area contributed by atoms with E-state index < -0.39 is 0 Å². The van der Waals surface area contributed by atoms with E-state index >= 15 is 0 Å². The predicted octanol–water partition coefficient (Wildman–Crippen LogP) is 0.421. The van der Waals surface area contributed by atoms with E-state index in [-0.39, 0.29) is 6.04 Å². The second-order valence-corrected chi connectivity index (χ2v) is 4.00. The molecule has 0 aromatic carbocycles. The average molecular weight is 216 g/mol. The molecule has 1 saturated heterocycles. The normalized spacial score (nSPS) is 21.6. The van der Waals surface area contributed by atoms with Crippen molar-refractivity contribution >= 4 is 0 Å². The number of hydrogen-bond donors (Lipinski definition) is 1. The standard InChI is InChI=1S/C12H16N4/c13-8-12-10-15-5-7-16(12)6-3-11-2-1-4-14-9-11/h1-2,4,9,12,15H,3,5-7,10H2. The fourth-order valence-corrected chi connectivity index (χ4v) is 1.96. The summed E-state index contributed by atoms with van der Waals surface area (Å²) in [6, 6.07) is 6.39. The van der Waals surface area contributed by atoms with Gasteiger partial charge in [-0.15, -0.1) is 0 Å². The molecule has 1 aliphatic heterocycles. The first-order chi connectivity index (χ1) is 7.90. The molecule has 0 saturated carbocycles. The Morgan fingerprint density at radius 2 is 2.56 bits per heavy atom. The van der Waals surface area contributed by atoms with Gasteiger partial charge in [-0.3, -0.25) is 9.88 Å². The van der Waals surface area contributed by atoms with Crippen LogP contribution in [-0.4, -0.2) is 42.1 Å². The minimum Gasteiger partial charge on any atom is -0.313 e. The first kappa shape index (κ1) is 11.1. The summed E-state index contributed by atoms with van der Waals surface area (Å²) in [5.41, 5.74) is 1.23. The Hall–Kier alpha value is -1.44. The van der Waals surface area contributed by atoms with E-state index in [1.54, 1.807) is 6.20 Å². The fraction of sp³-hybridized carbons (Fsp3) is 0.500. The van der Waals surface area contributed by atoms with Gasteiger partial charge in [0, 0.05) is 38.6 Å². The minimum atomic E-state index is 0.0189. The molecule has 1 N–H and O–H groups in total. The number of pyridine rings is 1. The molecule has 4 nitrogen and oxygen atoms in total. The topological polar surface area (TPSA) is 52.0 Å². The predicted molar refractivity (Wildman–Crippen MR) is 61.8 cm³/mol. The summed E-state index contributed by atoms with van der Waals surface area (Å²) in [7, 11) is 0. The molecule has 84 valence electrons. The van der Waals surface area contributed by atoms with Crippen molar-refractivity contribution in [2.45, 2.75) is 12.5 Å². The summed E-state index contributed by atoms with van der Waals surface area (Å²) in [6.45, 7) is 3.65. The van der Waals surface area contributed by atoms with Crippen LogP contribution in [0.2, 0.25) is 0 Å². The Balaban J connectivity index is 1.87. The van der Waals surface area contributed by atoms with Gasteiger partial charge in [-0.1, -0.05) is 6.07 Å². The quantitative estimate of drug-likeness (QED) is 0.795. The minimum absolute atomic E-state index is 0.0189. The maximum absolute atomic E-state index is 9.01. The highest BCUT2D eigenvalue weighted by atomic mass is 15.2. The fourth-order valence-electron chi connectivity index (χ4n) is 1.96. The van der Waals surface area contributed by atoms with Gasteiger partial charge >= 0.3 is 0 Å². The Kier molecular flexibility index (Phi) is 3.86. The third kappa shape index (κ3) is 2.78. The van der Waals surface area contributed by atoms with Gasteiger partial charge in [0.1, 0.15) is 6.04 Å². The highest BCUT2D eigenvalue weighted by Gasteiger charge is 2.20. The lowest BCUT2D eigenvalue weighted by Gasteiger charge is -2.31. The van der Waals surface area contributed by atoms with E-state index in [1.165, 1.54) is 5.56 Å². The molecule has 1 atom stereocenters. The zero-order valence-corrected chi connectivity index (χ0v) is 9.26. The summed E-state index contributed by atoms with van der Waals surface area (Å²) in [6.07, 6.45) is 4.64. The monoisotopic (exact) mass is 216 g/mol. The van der Waals surface area contributed by atoms with Crippen molar-refractivity contribution in [3.05, 3.63) is 30.1 Å². The first-order valence-electron chi connectivity index (χ1n) is 5.63. The van der Waals surface area contributed by atoms with Crippen LogP contribution in [0.15, 0.2) is 24.5 Å². The van der Waals surface area contributed by atoms with Crippen molar-refractivity contribution in [1.29, 1.82) is 5.26 Å². The van der Waals surface area contributed by atoms with Crippen LogP contribution < -0.4 is 5.32 Å². The second kappa shape index (κ2) is 5.59. The maximum atomic E-state index is 9.01. The van der Waals surface area contributed by atoms with Crippen molar-refractivity contribution in [2.24, 2.45) is 0 Å². The second-order valence-electron chi connectivity index (χ2n) is 4.00. The zero-order chi connectivity index (χ0) is 11.2. The molecule has 0 aliphatic carbocycles. The lowest BCUT2D eigenvalue weighted by Crippen LogP contribution is -2.51. The van der Waals surface area contributed by atoms with E-state index in [4.69, 9.17) is 5.26 Å². The summed E-state index contributed by atoms with van der Waals surface area (Å²) in [5, 5.41) is 12.3. The molecule has 0 spiro atoms. The highest BCUT2D eigenvalue weighted by molar-refractivity contribution is 5.09. The first-order valence-corrected chi connectivity index (χ1v) is 5.63. The van der Waals surface area contributed by atoms with Gasteiger partial charge in [0.05, 0.1) is 6.07 Å². The number of nitrogens with one attached hydrogen (secondary N) is 1. The molecule has 4 heteroatoms. The smallest absolute Gasteiger partial charge is 0.110 e. The molecule has 16 heavy (non-hydrogen) atoms. The molecule has 1 fully saturated rings. The summed E-state index contributed by atoms with van der Waals surface area (Å²) >= 11 is 0. The maximum Gasteiger partial charge on any atom is 0.110 e. The van der Waals surface area contributed by atoms with Crippen LogP contribution in [-0.2, 0) is 6.42 Å². The average Bonchev–Trinajstić information content (AvgIpc) is 2.38. The molecule has 0 radical (unpaired) electrons. The molecular weight excluding hydrogens is 200 g/mol. The molecule has 0 amide bonds. The molecule has 1 unspecified atom stereocenters. The van der Waals surface area contributed by atoms with E-state index in [0.717, 1.165) is 32.6 Å². The molecule has 1 aromatic rings. The van der Waals surface area contributed by atoms with Gasteiger partial charge < -0.3 is 5.32 Å². The van der Waals surface area contributed by atoms with E-state index in [0.29, 0.717) is 0 Å². The zero-order valence-electron chi connectivity index (χ0n) is 9.26. The number of aromatic nitrogens is 1. The van der Waals surface area contributed by atoms with Crippen LogP contribution in [0.25, 0.3) is 0 Å². The van der Waals surface area contributed by atoms with E-state index in [1.807, 2.05) is 12.3 Å². The van der Waals surface area contributed by atoms with Crippen molar-refractivity contribution in [1.82, 2.24) is 15.2 Å². The summed E-state index contributed by atoms with van der Waals surface area (Å²) in [5.74, 6) is 0. The van der Waals surface area contributed by atoms with Crippen LogP contribution in [0.4, 0.5) is 0 Å². The van der Waals surface area contributed by atoms with Crippen LogP contribution in [0.5, 0.6) is 0 Å². The molecular formula is C12H16N4.